The fourth-order valence-electron chi connectivity index (χ4n) is 3.31. The van der Waals surface area contributed by atoms with E-state index in [2.05, 4.69) is 17.1 Å². The largest absolute Gasteiger partial charge is 0.497 e. The number of carbonyl (C=O) groups excluding carboxylic acids is 1. The summed E-state index contributed by atoms with van der Waals surface area (Å²) in [6.07, 6.45) is 1.03. The predicted molar refractivity (Wildman–Crippen MR) is 98.9 cm³/mol. The van der Waals surface area contributed by atoms with Gasteiger partial charge in [0.15, 0.2) is 0 Å². The Kier molecular flexibility index (Phi) is 6.30. The van der Waals surface area contributed by atoms with Crippen LogP contribution in [0.4, 0.5) is 0 Å². The first-order chi connectivity index (χ1) is 11.8. The van der Waals surface area contributed by atoms with Gasteiger partial charge in [-0.3, -0.25) is 9.69 Å². The van der Waals surface area contributed by atoms with Gasteiger partial charge in [-0.2, -0.15) is 0 Å². The number of hydrogen-bond donors (Lipinski definition) is 2. The van der Waals surface area contributed by atoms with Crippen LogP contribution in [0.5, 0.6) is 11.5 Å². The standard InChI is InChI=1S/C19H31N3O3/c1-13(16-10-15(24-4)6-7-17(16)25-5)21-18(23)14(2)22-9-8-19(3,11-20)12-22/h6-7,10,13-14H,8-9,11-12,20H2,1-5H3,(H,21,23). The van der Waals surface area contributed by atoms with Crippen LogP contribution in [0, 0.1) is 5.41 Å². The zero-order valence-electron chi connectivity index (χ0n) is 16.0. The molecule has 3 N–H and O–H groups in total. The fourth-order valence-corrected chi connectivity index (χ4v) is 3.31. The first-order valence-electron chi connectivity index (χ1n) is 8.80. The number of ether oxygens (including phenoxy) is 2. The lowest BCUT2D eigenvalue weighted by Crippen LogP contribution is -2.46. The van der Waals surface area contributed by atoms with E-state index < -0.39 is 0 Å². The van der Waals surface area contributed by atoms with Crippen LogP contribution in [-0.2, 0) is 4.79 Å². The summed E-state index contributed by atoms with van der Waals surface area (Å²) in [5.74, 6) is 1.49. The SMILES string of the molecule is COc1ccc(OC)c(C(C)NC(=O)C(C)N2CCC(C)(CN)C2)c1. The Morgan fingerprint density at radius 2 is 2.08 bits per heavy atom. The number of methoxy groups -OCH3 is 2. The van der Waals surface area contributed by atoms with Gasteiger partial charge < -0.3 is 20.5 Å². The van der Waals surface area contributed by atoms with Crippen LogP contribution >= 0.6 is 0 Å². The van der Waals surface area contributed by atoms with Crippen molar-refractivity contribution in [3.63, 3.8) is 0 Å². The number of benzene rings is 1. The lowest BCUT2D eigenvalue weighted by molar-refractivity contribution is -0.126. The summed E-state index contributed by atoms with van der Waals surface area (Å²) in [6, 6.07) is 5.23. The Balaban J connectivity index is 2.05. The molecular formula is C19H31N3O3. The third-order valence-electron chi connectivity index (χ3n) is 5.27. The van der Waals surface area contributed by atoms with E-state index in [1.807, 2.05) is 32.0 Å². The minimum absolute atomic E-state index is 0.0126. The van der Waals surface area contributed by atoms with Crippen molar-refractivity contribution in [3.8, 4) is 11.5 Å². The number of hydrogen-bond acceptors (Lipinski definition) is 5. The van der Waals surface area contributed by atoms with Crippen LogP contribution in [0.1, 0.15) is 38.8 Å². The maximum absolute atomic E-state index is 12.7. The van der Waals surface area contributed by atoms with Gasteiger partial charge in [-0.1, -0.05) is 6.92 Å². The van der Waals surface area contributed by atoms with E-state index in [0.29, 0.717) is 6.54 Å². The van der Waals surface area contributed by atoms with Crippen molar-refractivity contribution in [1.82, 2.24) is 10.2 Å². The molecule has 0 bridgehead atoms. The summed E-state index contributed by atoms with van der Waals surface area (Å²) in [5.41, 5.74) is 6.88. The van der Waals surface area contributed by atoms with Crippen molar-refractivity contribution in [3.05, 3.63) is 23.8 Å². The highest BCUT2D eigenvalue weighted by Crippen LogP contribution is 2.31. The van der Waals surface area contributed by atoms with Gasteiger partial charge in [-0.15, -0.1) is 0 Å². The molecule has 1 aromatic rings. The minimum atomic E-state index is -0.188. The van der Waals surface area contributed by atoms with E-state index in [1.165, 1.54) is 0 Å². The highest BCUT2D eigenvalue weighted by Gasteiger charge is 2.36. The first kappa shape index (κ1) is 19.5. The first-order valence-corrected chi connectivity index (χ1v) is 8.80. The second-order valence-corrected chi connectivity index (χ2v) is 7.25. The van der Waals surface area contributed by atoms with Crippen LogP contribution in [-0.4, -0.2) is 50.7 Å². The fraction of sp³-hybridized carbons (Fsp3) is 0.632. The third kappa shape index (κ3) is 4.44. The molecule has 0 aliphatic carbocycles. The van der Waals surface area contributed by atoms with Crippen LogP contribution in [0.15, 0.2) is 18.2 Å². The van der Waals surface area contributed by atoms with Crippen molar-refractivity contribution >= 4 is 5.91 Å². The van der Waals surface area contributed by atoms with Crippen LogP contribution in [0.3, 0.4) is 0 Å². The molecule has 3 unspecified atom stereocenters. The van der Waals surface area contributed by atoms with E-state index in [1.54, 1.807) is 14.2 Å². The Bertz CT molecular complexity index is 608. The molecule has 1 saturated heterocycles. The van der Waals surface area contributed by atoms with Crippen LogP contribution < -0.4 is 20.5 Å². The van der Waals surface area contributed by atoms with Gasteiger partial charge in [-0.05, 0) is 57.0 Å². The maximum Gasteiger partial charge on any atom is 0.237 e. The predicted octanol–water partition coefficient (Wildman–Crippen LogP) is 1.94. The monoisotopic (exact) mass is 349 g/mol. The van der Waals surface area contributed by atoms with Gasteiger partial charge in [0.05, 0.1) is 26.3 Å². The molecular weight excluding hydrogens is 318 g/mol. The number of rotatable bonds is 7. The van der Waals surface area contributed by atoms with E-state index in [4.69, 9.17) is 15.2 Å². The summed E-state index contributed by atoms with van der Waals surface area (Å²) in [4.78, 5) is 14.9. The Hall–Kier alpha value is -1.79. The van der Waals surface area contributed by atoms with Gasteiger partial charge >= 0.3 is 0 Å². The van der Waals surface area contributed by atoms with Crippen molar-refractivity contribution in [2.24, 2.45) is 11.1 Å². The molecule has 0 aromatic heterocycles. The zero-order valence-corrected chi connectivity index (χ0v) is 16.0. The summed E-state index contributed by atoms with van der Waals surface area (Å²) in [5, 5.41) is 3.10. The molecule has 6 heteroatoms. The molecule has 140 valence electrons. The van der Waals surface area contributed by atoms with Crippen LogP contribution in [0.2, 0.25) is 0 Å². The number of nitrogens with zero attached hydrogens (tertiary/aromatic N) is 1. The normalized spacial score (nSPS) is 23.1. The summed E-state index contributed by atoms with van der Waals surface area (Å²) in [7, 11) is 3.25. The average Bonchev–Trinajstić information content (AvgIpc) is 3.03. The Morgan fingerprint density at radius 3 is 2.64 bits per heavy atom. The molecule has 1 amide bonds. The topological polar surface area (TPSA) is 76.8 Å². The van der Waals surface area contributed by atoms with Gasteiger partial charge in [0.2, 0.25) is 5.91 Å². The average molecular weight is 349 g/mol. The smallest absolute Gasteiger partial charge is 0.237 e. The van der Waals surface area contributed by atoms with Gasteiger partial charge in [0, 0.05) is 12.1 Å². The van der Waals surface area contributed by atoms with Crippen LogP contribution in [0.25, 0.3) is 0 Å². The highest BCUT2D eigenvalue weighted by molar-refractivity contribution is 5.81. The molecule has 1 aliphatic heterocycles. The highest BCUT2D eigenvalue weighted by atomic mass is 16.5. The number of carbonyl (C=O) groups is 1. The minimum Gasteiger partial charge on any atom is -0.497 e. The molecule has 2 rings (SSSR count). The quantitative estimate of drug-likeness (QED) is 0.787. The van der Waals surface area contributed by atoms with Gasteiger partial charge in [0.25, 0.3) is 0 Å². The number of likely N-dealkylation sites (tertiary alicyclic amines) is 1. The molecule has 1 aliphatic rings. The van der Waals surface area contributed by atoms with E-state index in [-0.39, 0.29) is 23.4 Å². The molecule has 6 nitrogen and oxygen atoms in total. The lowest BCUT2D eigenvalue weighted by Gasteiger charge is -2.28. The van der Waals surface area contributed by atoms with E-state index in [9.17, 15) is 4.79 Å². The number of nitrogens with two attached hydrogens (primary N) is 1. The second-order valence-electron chi connectivity index (χ2n) is 7.25. The summed E-state index contributed by atoms with van der Waals surface area (Å²) >= 11 is 0. The number of nitrogens with one attached hydrogen (secondary N) is 1. The lowest BCUT2D eigenvalue weighted by atomic mass is 9.90. The molecule has 0 radical (unpaired) electrons. The molecule has 1 heterocycles. The van der Waals surface area contributed by atoms with Crippen molar-refractivity contribution in [2.45, 2.75) is 39.3 Å². The Labute approximate surface area is 150 Å². The zero-order chi connectivity index (χ0) is 18.6. The summed E-state index contributed by atoms with van der Waals surface area (Å²) < 4.78 is 10.7. The van der Waals surface area contributed by atoms with Gasteiger partial charge in [-0.25, -0.2) is 0 Å². The molecule has 0 spiro atoms. The van der Waals surface area contributed by atoms with Crippen molar-refractivity contribution in [1.29, 1.82) is 0 Å². The second kappa shape index (κ2) is 8.06. The molecule has 1 fully saturated rings. The Morgan fingerprint density at radius 1 is 1.36 bits per heavy atom. The molecule has 25 heavy (non-hydrogen) atoms. The van der Waals surface area contributed by atoms with Crippen molar-refractivity contribution < 1.29 is 14.3 Å². The van der Waals surface area contributed by atoms with Gasteiger partial charge in [0.1, 0.15) is 11.5 Å². The third-order valence-corrected chi connectivity index (χ3v) is 5.27. The molecule has 3 atom stereocenters. The maximum atomic E-state index is 12.7. The van der Waals surface area contributed by atoms with E-state index >= 15 is 0 Å². The molecule has 1 aromatic carbocycles. The van der Waals surface area contributed by atoms with Crippen molar-refractivity contribution in [2.75, 3.05) is 33.9 Å². The number of amides is 1. The summed E-state index contributed by atoms with van der Waals surface area (Å²) in [6.45, 7) is 8.49. The molecule has 0 saturated carbocycles. The van der Waals surface area contributed by atoms with E-state index in [0.717, 1.165) is 36.6 Å².